The Morgan fingerprint density at radius 2 is 1.92 bits per heavy atom. The zero-order valence-electron chi connectivity index (χ0n) is 16.1. The lowest BCUT2D eigenvalue weighted by Gasteiger charge is -2.23. The van der Waals surface area contributed by atoms with Gasteiger partial charge in [0.05, 0.1) is 0 Å². The first kappa shape index (κ1) is 24.6. The monoisotopic (exact) mass is 401 g/mol. The molecule has 6 nitrogen and oxygen atoms in total. The van der Waals surface area contributed by atoms with Crippen molar-refractivity contribution < 1.29 is 14.4 Å². The van der Waals surface area contributed by atoms with Gasteiger partial charge in [-0.05, 0) is 46.6 Å². The predicted octanol–water partition coefficient (Wildman–Crippen LogP) is 2.90. The fourth-order valence-electron chi connectivity index (χ4n) is 1.83. The van der Waals surface area contributed by atoms with E-state index in [9.17, 15) is 14.4 Å². The lowest BCUT2D eigenvalue weighted by molar-refractivity contribution is -0.128. The van der Waals surface area contributed by atoms with Crippen LogP contribution in [0.3, 0.4) is 0 Å². The summed E-state index contributed by atoms with van der Waals surface area (Å²) < 4.78 is -0.0822. The second-order valence-electron chi connectivity index (χ2n) is 6.46. The summed E-state index contributed by atoms with van der Waals surface area (Å²) in [6.45, 7) is 11.2. The normalized spacial score (nSPS) is 13.0. The van der Waals surface area contributed by atoms with Crippen molar-refractivity contribution in [3.8, 4) is 0 Å². The molecule has 3 amide bonds. The smallest absolute Gasteiger partial charge is 0.246 e. The number of nitrogens with two attached hydrogens (primary N) is 1. The molecule has 0 heterocycles. The summed E-state index contributed by atoms with van der Waals surface area (Å²) in [7, 11) is 3.38. The van der Waals surface area contributed by atoms with Crippen LogP contribution in [0.4, 0.5) is 0 Å². The van der Waals surface area contributed by atoms with Crippen LogP contribution < -0.4 is 16.4 Å². The van der Waals surface area contributed by atoms with Crippen molar-refractivity contribution in [2.75, 3.05) is 5.75 Å². The third kappa shape index (κ3) is 12.0. The van der Waals surface area contributed by atoms with Crippen LogP contribution in [0.15, 0.2) is 24.4 Å². The van der Waals surface area contributed by atoms with Crippen molar-refractivity contribution >= 4 is 39.3 Å². The van der Waals surface area contributed by atoms with E-state index in [0.29, 0.717) is 25.0 Å². The summed E-state index contributed by atoms with van der Waals surface area (Å²) in [5, 5.41) is 5.41. The highest BCUT2D eigenvalue weighted by molar-refractivity contribution is 8.77. The van der Waals surface area contributed by atoms with Gasteiger partial charge in [0.2, 0.25) is 17.7 Å². The summed E-state index contributed by atoms with van der Waals surface area (Å²) in [6.07, 6.45) is 5.48. The molecule has 0 rings (SSSR count). The molecular formula is C18H31N3O3S2. The zero-order chi connectivity index (χ0) is 20.2. The number of primary amides is 1. The minimum absolute atomic E-state index is 0.0822. The van der Waals surface area contributed by atoms with Crippen LogP contribution in [0, 0.1) is 0 Å². The number of hydrogen-bond donors (Lipinski definition) is 3. The van der Waals surface area contributed by atoms with Gasteiger partial charge in [-0.3, -0.25) is 14.4 Å². The number of nitrogens with one attached hydrogen (secondary N) is 2. The van der Waals surface area contributed by atoms with Gasteiger partial charge in [-0.25, -0.2) is 0 Å². The van der Waals surface area contributed by atoms with Crippen molar-refractivity contribution in [2.45, 2.75) is 64.2 Å². The molecule has 0 bridgehead atoms. The lowest BCUT2D eigenvalue weighted by Crippen LogP contribution is -2.44. The van der Waals surface area contributed by atoms with Crippen LogP contribution in [0.2, 0.25) is 0 Å². The van der Waals surface area contributed by atoms with E-state index in [0.717, 1.165) is 12.2 Å². The average molecular weight is 402 g/mol. The summed E-state index contributed by atoms with van der Waals surface area (Å²) in [5.41, 5.74) is 5.72. The molecule has 0 aromatic heterocycles. The number of carbonyl (C=O) groups is 3. The van der Waals surface area contributed by atoms with Crippen molar-refractivity contribution in [3.63, 3.8) is 0 Å². The number of rotatable bonds is 13. The molecule has 0 aliphatic carbocycles. The standard InChI is InChI=1S/C18H31N3O3S2/c1-6-14(7-2)21-17(24)13(3)20-16(23)10-11-18(4,5)26-25-12-8-9-15(19)22/h6-7,13H,1,8-12H2,2-5H3,(H2,19,22)(H,20,23)(H,21,24)/b14-7+/t13-/m0/s1. The van der Waals surface area contributed by atoms with Gasteiger partial charge in [0.25, 0.3) is 0 Å². The third-order valence-electron chi connectivity index (χ3n) is 3.46. The SMILES string of the molecule is C=C/C(=C\C)NC(=O)[C@H](C)NC(=O)CCC(C)(C)SSCCCC(N)=O. The van der Waals surface area contributed by atoms with Gasteiger partial charge in [0.15, 0.2) is 0 Å². The third-order valence-corrected chi connectivity index (χ3v) is 6.89. The molecule has 148 valence electrons. The van der Waals surface area contributed by atoms with Crippen molar-refractivity contribution in [2.24, 2.45) is 5.73 Å². The molecule has 1 atom stereocenters. The summed E-state index contributed by atoms with van der Waals surface area (Å²) in [6, 6.07) is -0.614. The molecule has 0 saturated heterocycles. The van der Waals surface area contributed by atoms with Gasteiger partial charge in [-0.1, -0.05) is 34.2 Å². The Morgan fingerprint density at radius 3 is 2.46 bits per heavy atom. The molecule has 8 heteroatoms. The van der Waals surface area contributed by atoms with Crippen LogP contribution in [0.1, 0.15) is 53.4 Å². The molecule has 0 unspecified atom stereocenters. The topological polar surface area (TPSA) is 101 Å². The Bertz CT molecular complexity index is 534. The molecule has 26 heavy (non-hydrogen) atoms. The fraction of sp³-hybridized carbons (Fsp3) is 0.611. The number of allylic oxidation sites excluding steroid dienone is 2. The quantitative estimate of drug-likeness (QED) is 0.250. The Kier molecular flexibility index (Phi) is 12.2. The van der Waals surface area contributed by atoms with E-state index in [-0.39, 0.29) is 22.5 Å². The van der Waals surface area contributed by atoms with E-state index in [2.05, 4.69) is 31.1 Å². The highest BCUT2D eigenvalue weighted by Crippen LogP contribution is 2.39. The van der Waals surface area contributed by atoms with Crippen LogP contribution >= 0.6 is 21.6 Å². The van der Waals surface area contributed by atoms with Crippen LogP contribution in [0.25, 0.3) is 0 Å². The minimum atomic E-state index is -0.614. The minimum Gasteiger partial charge on any atom is -0.370 e. The summed E-state index contributed by atoms with van der Waals surface area (Å²) >= 11 is 0. The Morgan fingerprint density at radius 1 is 1.27 bits per heavy atom. The van der Waals surface area contributed by atoms with Gasteiger partial charge in [-0.15, -0.1) is 0 Å². The first-order chi connectivity index (χ1) is 12.1. The highest BCUT2D eigenvalue weighted by Gasteiger charge is 2.22. The Labute approximate surface area is 164 Å². The fourth-order valence-corrected chi connectivity index (χ4v) is 4.49. The first-order valence-corrected chi connectivity index (χ1v) is 10.9. The zero-order valence-corrected chi connectivity index (χ0v) is 17.7. The van der Waals surface area contributed by atoms with Crippen LogP contribution in [-0.4, -0.2) is 34.3 Å². The molecule has 0 aromatic carbocycles. The maximum atomic E-state index is 12.1. The maximum Gasteiger partial charge on any atom is 0.246 e. The van der Waals surface area contributed by atoms with E-state index >= 15 is 0 Å². The van der Waals surface area contributed by atoms with Gasteiger partial charge in [0.1, 0.15) is 6.04 Å². The first-order valence-electron chi connectivity index (χ1n) is 8.59. The van der Waals surface area contributed by atoms with E-state index in [1.807, 2.05) is 0 Å². The van der Waals surface area contributed by atoms with Gasteiger partial charge in [-0.2, -0.15) is 0 Å². The van der Waals surface area contributed by atoms with E-state index in [4.69, 9.17) is 5.73 Å². The number of carbonyl (C=O) groups excluding carboxylic acids is 3. The van der Waals surface area contributed by atoms with E-state index in [1.54, 1.807) is 47.6 Å². The lowest BCUT2D eigenvalue weighted by atomic mass is 10.1. The summed E-state index contributed by atoms with van der Waals surface area (Å²) in [5.74, 6) is 0.141. The molecule has 0 aromatic rings. The van der Waals surface area contributed by atoms with Crippen molar-refractivity contribution in [1.29, 1.82) is 0 Å². The largest absolute Gasteiger partial charge is 0.370 e. The number of hydrogen-bond acceptors (Lipinski definition) is 5. The van der Waals surface area contributed by atoms with Gasteiger partial charge < -0.3 is 16.4 Å². The summed E-state index contributed by atoms with van der Waals surface area (Å²) in [4.78, 5) is 34.8. The molecule has 0 fully saturated rings. The molecule has 4 N–H and O–H groups in total. The second-order valence-corrected chi connectivity index (χ2v) is 9.58. The van der Waals surface area contributed by atoms with Gasteiger partial charge >= 0.3 is 0 Å². The maximum absolute atomic E-state index is 12.1. The van der Waals surface area contributed by atoms with Crippen molar-refractivity contribution in [1.82, 2.24) is 10.6 Å². The number of amides is 3. The molecule has 0 aliphatic rings. The van der Waals surface area contributed by atoms with Crippen LogP contribution in [0.5, 0.6) is 0 Å². The van der Waals surface area contributed by atoms with Crippen molar-refractivity contribution in [3.05, 3.63) is 24.4 Å². The molecule has 0 saturated carbocycles. The predicted molar refractivity (Wildman–Crippen MR) is 111 cm³/mol. The van der Waals surface area contributed by atoms with E-state index in [1.165, 1.54) is 0 Å². The van der Waals surface area contributed by atoms with Gasteiger partial charge in [0, 0.05) is 29.0 Å². The van der Waals surface area contributed by atoms with E-state index < -0.39 is 6.04 Å². The second kappa shape index (κ2) is 12.9. The van der Waals surface area contributed by atoms with Crippen LogP contribution in [-0.2, 0) is 14.4 Å². The molecular weight excluding hydrogens is 370 g/mol. The molecule has 0 spiro atoms. The molecule has 0 aliphatic heterocycles. The highest BCUT2D eigenvalue weighted by atomic mass is 33.1. The Balaban J connectivity index is 4.16. The average Bonchev–Trinajstić information content (AvgIpc) is 2.57. The Hall–Kier alpha value is -1.41. The molecule has 0 radical (unpaired) electrons.